The van der Waals surface area contributed by atoms with Crippen LogP contribution in [0.3, 0.4) is 0 Å². The van der Waals surface area contributed by atoms with Crippen molar-refractivity contribution in [3.63, 3.8) is 0 Å². The lowest BCUT2D eigenvalue weighted by molar-refractivity contribution is -0.135. The summed E-state index contributed by atoms with van der Waals surface area (Å²) in [7, 11) is 1.54. The molecule has 21 heavy (non-hydrogen) atoms. The Hall–Kier alpha value is -1.73. The van der Waals surface area contributed by atoms with Gasteiger partial charge in [-0.3, -0.25) is 4.79 Å². The van der Waals surface area contributed by atoms with Crippen LogP contribution in [0.2, 0.25) is 0 Å². The molecule has 3 rings (SSSR count). The van der Waals surface area contributed by atoms with Crippen molar-refractivity contribution in [2.75, 3.05) is 38.7 Å². The first-order chi connectivity index (χ1) is 10.2. The summed E-state index contributed by atoms with van der Waals surface area (Å²) in [5.41, 5.74) is -0.226. The van der Waals surface area contributed by atoms with Gasteiger partial charge in [-0.05, 0) is 12.5 Å². The molecule has 1 spiro atoms. The first-order valence-corrected chi connectivity index (χ1v) is 7.15. The summed E-state index contributed by atoms with van der Waals surface area (Å²) in [4.78, 5) is 22.0. The van der Waals surface area contributed by atoms with Crippen LogP contribution in [-0.2, 0) is 14.3 Å². The van der Waals surface area contributed by atoms with Crippen LogP contribution in [0, 0.1) is 0 Å². The molecule has 7 heteroatoms. The molecule has 0 bridgehead atoms. The Kier molecular flexibility index (Phi) is 4.03. The number of ether oxygens (including phenoxy) is 2. The van der Waals surface area contributed by atoms with Crippen LogP contribution in [0.5, 0.6) is 0 Å². The quantitative estimate of drug-likeness (QED) is 0.860. The van der Waals surface area contributed by atoms with Gasteiger partial charge in [0.15, 0.2) is 0 Å². The van der Waals surface area contributed by atoms with Gasteiger partial charge in [0.25, 0.3) is 0 Å². The zero-order chi connectivity index (χ0) is 14.7. The van der Waals surface area contributed by atoms with Gasteiger partial charge in [0.1, 0.15) is 6.61 Å². The van der Waals surface area contributed by atoms with E-state index in [2.05, 4.69) is 15.3 Å². The summed E-state index contributed by atoms with van der Waals surface area (Å²) in [5, 5.41) is 3.29. The predicted molar refractivity (Wildman–Crippen MR) is 75.8 cm³/mol. The van der Waals surface area contributed by atoms with Crippen molar-refractivity contribution in [3.05, 3.63) is 18.5 Å². The number of likely N-dealkylation sites (tertiary alicyclic amines) is 1. The third-order valence-corrected chi connectivity index (χ3v) is 4.04. The minimum Gasteiger partial charge on any atom is -0.375 e. The Morgan fingerprint density at radius 2 is 2.38 bits per heavy atom. The van der Waals surface area contributed by atoms with E-state index in [1.54, 1.807) is 18.5 Å². The van der Waals surface area contributed by atoms with Crippen LogP contribution < -0.4 is 5.32 Å². The van der Waals surface area contributed by atoms with Crippen molar-refractivity contribution < 1.29 is 14.3 Å². The largest absolute Gasteiger partial charge is 0.375 e. The van der Waals surface area contributed by atoms with Gasteiger partial charge in [-0.15, -0.1) is 0 Å². The van der Waals surface area contributed by atoms with Crippen LogP contribution in [0.25, 0.3) is 0 Å². The molecule has 0 saturated carbocycles. The van der Waals surface area contributed by atoms with E-state index in [9.17, 15) is 4.79 Å². The summed E-state index contributed by atoms with van der Waals surface area (Å²) in [6, 6.07) is 1.97. The second kappa shape index (κ2) is 5.95. The van der Waals surface area contributed by atoms with Crippen LogP contribution >= 0.6 is 0 Å². The van der Waals surface area contributed by atoms with E-state index in [1.165, 1.54) is 7.11 Å². The topological polar surface area (TPSA) is 76.6 Å². The first-order valence-electron chi connectivity index (χ1n) is 7.15. The van der Waals surface area contributed by atoms with E-state index in [0.717, 1.165) is 19.4 Å². The molecule has 0 radical (unpaired) electrons. The second-order valence-electron chi connectivity index (χ2n) is 5.61. The summed E-state index contributed by atoms with van der Waals surface area (Å²) in [6.45, 7) is 2.12. The van der Waals surface area contributed by atoms with Crippen LogP contribution in [0.15, 0.2) is 18.5 Å². The van der Waals surface area contributed by atoms with Gasteiger partial charge in [-0.2, -0.15) is 0 Å². The van der Waals surface area contributed by atoms with E-state index in [4.69, 9.17) is 9.47 Å². The van der Waals surface area contributed by atoms with Crippen molar-refractivity contribution in [2.45, 2.75) is 24.5 Å². The number of rotatable bonds is 4. The average Bonchev–Trinajstić information content (AvgIpc) is 3.08. The summed E-state index contributed by atoms with van der Waals surface area (Å²) >= 11 is 0. The standard InChI is InChI=1S/C14H20N4O3/c1-20-9-12(19)18-6-3-14(10-18)7-11(8-21-14)17-13-15-4-2-5-16-13/h2,4-5,11H,3,6-10H2,1H3,(H,15,16,17). The van der Waals surface area contributed by atoms with Crippen molar-refractivity contribution in [3.8, 4) is 0 Å². The number of nitrogens with one attached hydrogen (secondary N) is 1. The molecule has 114 valence electrons. The number of hydrogen-bond acceptors (Lipinski definition) is 6. The van der Waals surface area contributed by atoms with Crippen LogP contribution in [0.1, 0.15) is 12.8 Å². The van der Waals surface area contributed by atoms with Crippen molar-refractivity contribution >= 4 is 11.9 Å². The molecule has 1 aromatic heterocycles. The highest BCUT2D eigenvalue weighted by molar-refractivity contribution is 5.77. The number of carbonyl (C=O) groups excluding carboxylic acids is 1. The molecule has 3 heterocycles. The minimum absolute atomic E-state index is 0.0285. The minimum atomic E-state index is -0.226. The monoisotopic (exact) mass is 292 g/mol. The maximum atomic E-state index is 11.9. The Morgan fingerprint density at radius 3 is 3.14 bits per heavy atom. The zero-order valence-electron chi connectivity index (χ0n) is 12.1. The summed E-state index contributed by atoms with van der Waals surface area (Å²) < 4.78 is 10.9. The fraction of sp³-hybridized carbons (Fsp3) is 0.643. The average molecular weight is 292 g/mol. The highest BCUT2D eigenvalue weighted by atomic mass is 16.5. The Morgan fingerprint density at radius 1 is 1.57 bits per heavy atom. The number of nitrogens with zero attached hydrogens (tertiary/aromatic N) is 3. The molecule has 0 aliphatic carbocycles. The van der Waals surface area contributed by atoms with E-state index in [0.29, 0.717) is 19.1 Å². The first kappa shape index (κ1) is 14.2. The highest BCUT2D eigenvalue weighted by Crippen LogP contribution is 2.35. The Bertz CT molecular complexity index is 498. The van der Waals surface area contributed by atoms with Gasteiger partial charge >= 0.3 is 0 Å². The SMILES string of the molecule is COCC(=O)N1CCC2(CC(Nc3ncccn3)CO2)C1. The van der Waals surface area contributed by atoms with Gasteiger partial charge in [0, 0.05) is 39.0 Å². The van der Waals surface area contributed by atoms with Crippen LogP contribution in [0.4, 0.5) is 5.95 Å². The lowest BCUT2D eigenvalue weighted by Gasteiger charge is -2.23. The number of methoxy groups -OCH3 is 1. The van der Waals surface area contributed by atoms with Gasteiger partial charge in [0.2, 0.25) is 11.9 Å². The molecule has 1 N–H and O–H groups in total. The molecule has 2 aliphatic rings. The molecular weight excluding hydrogens is 272 g/mol. The number of carbonyl (C=O) groups is 1. The molecule has 2 fully saturated rings. The lowest BCUT2D eigenvalue weighted by Crippen LogP contribution is -2.37. The summed E-state index contributed by atoms with van der Waals surface area (Å²) in [5.74, 6) is 0.647. The van der Waals surface area contributed by atoms with Crippen LogP contribution in [-0.4, -0.2) is 65.8 Å². The normalized spacial score (nSPS) is 28.2. The maximum Gasteiger partial charge on any atom is 0.248 e. The Balaban J connectivity index is 1.56. The predicted octanol–water partition coefficient (Wildman–Crippen LogP) is 0.295. The third kappa shape index (κ3) is 3.14. The van der Waals surface area contributed by atoms with Crippen molar-refractivity contribution in [1.82, 2.24) is 14.9 Å². The molecule has 1 amide bonds. The lowest BCUT2D eigenvalue weighted by atomic mass is 9.97. The Labute approximate surface area is 123 Å². The third-order valence-electron chi connectivity index (χ3n) is 4.04. The molecule has 2 unspecified atom stereocenters. The van der Waals surface area contributed by atoms with Crippen molar-refractivity contribution in [1.29, 1.82) is 0 Å². The summed E-state index contributed by atoms with van der Waals surface area (Å²) in [6.07, 6.45) is 5.15. The number of aromatic nitrogens is 2. The van der Waals surface area contributed by atoms with E-state index in [1.807, 2.05) is 4.90 Å². The molecule has 2 saturated heterocycles. The smallest absolute Gasteiger partial charge is 0.248 e. The second-order valence-corrected chi connectivity index (χ2v) is 5.61. The molecule has 2 aliphatic heterocycles. The zero-order valence-corrected chi connectivity index (χ0v) is 12.1. The number of hydrogen-bond donors (Lipinski definition) is 1. The van der Waals surface area contributed by atoms with Gasteiger partial charge in [-0.1, -0.05) is 0 Å². The fourth-order valence-corrected chi connectivity index (χ4v) is 3.05. The molecule has 0 aromatic carbocycles. The van der Waals surface area contributed by atoms with Crippen molar-refractivity contribution in [2.24, 2.45) is 0 Å². The van der Waals surface area contributed by atoms with E-state index >= 15 is 0 Å². The number of amides is 1. The fourth-order valence-electron chi connectivity index (χ4n) is 3.05. The molecule has 7 nitrogen and oxygen atoms in total. The van der Waals surface area contributed by atoms with Gasteiger partial charge in [0.05, 0.1) is 18.2 Å². The maximum absolute atomic E-state index is 11.9. The molecule has 1 aromatic rings. The van der Waals surface area contributed by atoms with Gasteiger partial charge in [-0.25, -0.2) is 9.97 Å². The van der Waals surface area contributed by atoms with E-state index < -0.39 is 0 Å². The number of anilines is 1. The van der Waals surface area contributed by atoms with E-state index in [-0.39, 0.29) is 24.2 Å². The molecule has 2 atom stereocenters. The molecular formula is C14H20N4O3. The van der Waals surface area contributed by atoms with Gasteiger partial charge < -0.3 is 19.7 Å². The highest BCUT2D eigenvalue weighted by Gasteiger charge is 2.46.